The van der Waals surface area contributed by atoms with Gasteiger partial charge < -0.3 is 10.2 Å². The number of fused-ring (bicyclic) bond motifs is 1. The number of rotatable bonds is 6. The maximum absolute atomic E-state index is 12.9. The second-order valence-electron chi connectivity index (χ2n) is 6.91. The zero-order chi connectivity index (χ0) is 20.1. The Morgan fingerprint density at radius 3 is 2.41 bits per heavy atom. The minimum atomic E-state index is -0.00318. The monoisotopic (exact) mass is 402 g/mol. The molecule has 4 rings (SSSR count). The fourth-order valence-electron chi connectivity index (χ4n) is 3.40. The number of thioether (sulfide) groups is 1. The molecule has 3 aromatic rings. The molecule has 1 aliphatic rings. The van der Waals surface area contributed by atoms with Crippen LogP contribution in [0.2, 0.25) is 0 Å². The van der Waals surface area contributed by atoms with Crippen molar-refractivity contribution in [3.8, 4) is 0 Å². The topological polar surface area (TPSA) is 49.4 Å². The fourth-order valence-corrected chi connectivity index (χ4v) is 4.15. The highest BCUT2D eigenvalue weighted by molar-refractivity contribution is 8.00. The van der Waals surface area contributed by atoms with E-state index < -0.39 is 0 Å². The largest absolute Gasteiger partial charge is 0.351 e. The van der Waals surface area contributed by atoms with Crippen LogP contribution in [-0.4, -0.2) is 24.1 Å². The number of amides is 2. The number of anilines is 1. The molecule has 0 saturated carbocycles. The predicted molar refractivity (Wildman–Crippen MR) is 117 cm³/mol. The van der Waals surface area contributed by atoms with E-state index in [-0.39, 0.29) is 11.8 Å². The molecule has 0 bridgehead atoms. The first kappa shape index (κ1) is 19.3. The van der Waals surface area contributed by atoms with Crippen LogP contribution in [0, 0.1) is 0 Å². The minimum Gasteiger partial charge on any atom is -0.351 e. The van der Waals surface area contributed by atoms with Crippen LogP contribution in [0.3, 0.4) is 0 Å². The lowest BCUT2D eigenvalue weighted by atomic mass is 10.1. The molecule has 1 aliphatic heterocycles. The van der Waals surface area contributed by atoms with Crippen molar-refractivity contribution in [1.82, 2.24) is 5.32 Å². The molecule has 0 saturated heterocycles. The summed E-state index contributed by atoms with van der Waals surface area (Å²) >= 11 is 1.52. The number of nitrogens with zero attached hydrogens (tertiary/aromatic N) is 1. The Balaban J connectivity index is 1.38. The first-order valence-corrected chi connectivity index (χ1v) is 10.6. The molecular weight excluding hydrogens is 380 g/mol. The summed E-state index contributed by atoms with van der Waals surface area (Å²) in [6.45, 7) is 1.14. The predicted octanol–water partition coefficient (Wildman–Crippen LogP) is 4.30. The molecule has 0 fully saturated rings. The van der Waals surface area contributed by atoms with E-state index >= 15 is 0 Å². The molecule has 1 N–H and O–H groups in total. The van der Waals surface area contributed by atoms with Crippen molar-refractivity contribution in [2.75, 3.05) is 17.2 Å². The summed E-state index contributed by atoms with van der Waals surface area (Å²) in [7, 11) is 0. The second kappa shape index (κ2) is 8.97. The minimum absolute atomic E-state index is 0.00318. The molecule has 1 heterocycles. The van der Waals surface area contributed by atoms with Gasteiger partial charge in [-0.3, -0.25) is 9.59 Å². The molecular formula is C24H22N2O2S. The quantitative estimate of drug-likeness (QED) is 0.626. The molecule has 5 heteroatoms. The third kappa shape index (κ3) is 4.69. The van der Waals surface area contributed by atoms with Gasteiger partial charge in [-0.15, -0.1) is 11.8 Å². The molecule has 0 atom stereocenters. The van der Waals surface area contributed by atoms with Gasteiger partial charge in [0.25, 0.3) is 5.91 Å². The van der Waals surface area contributed by atoms with Gasteiger partial charge in [-0.05, 0) is 47.9 Å². The van der Waals surface area contributed by atoms with Crippen LogP contribution in [0.5, 0.6) is 0 Å². The number of benzene rings is 3. The Morgan fingerprint density at radius 1 is 0.931 bits per heavy atom. The summed E-state index contributed by atoms with van der Waals surface area (Å²) in [5.41, 5.74) is 3.81. The molecule has 2 amide bonds. The van der Waals surface area contributed by atoms with Gasteiger partial charge in [-0.1, -0.05) is 48.5 Å². The van der Waals surface area contributed by atoms with Crippen LogP contribution in [-0.2, 0) is 17.8 Å². The van der Waals surface area contributed by atoms with Gasteiger partial charge in [0.15, 0.2) is 0 Å². The first-order chi connectivity index (χ1) is 14.2. The lowest BCUT2D eigenvalue weighted by molar-refractivity contribution is -0.118. The average molecular weight is 403 g/mol. The van der Waals surface area contributed by atoms with Crippen molar-refractivity contribution in [3.63, 3.8) is 0 Å². The average Bonchev–Trinajstić information content (AvgIpc) is 3.20. The SMILES string of the molecule is O=C(CSc1ccccc1)NCc1ccc2c(c1)N(C(=O)c1ccccc1)CC2. The maximum atomic E-state index is 12.9. The number of carbonyl (C=O) groups is 2. The Bertz CT molecular complexity index is 1010. The second-order valence-corrected chi connectivity index (χ2v) is 7.96. The van der Waals surface area contributed by atoms with Gasteiger partial charge in [0.2, 0.25) is 5.91 Å². The summed E-state index contributed by atoms with van der Waals surface area (Å²) in [6, 6.07) is 25.3. The highest BCUT2D eigenvalue weighted by atomic mass is 32.2. The van der Waals surface area contributed by atoms with Crippen molar-refractivity contribution in [2.45, 2.75) is 17.9 Å². The summed E-state index contributed by atoms with van der Waals surface area (Å²) < 4.78 is 0. The van der Waals surface area contributed by atoms with E-state index in [0.29, 0.717) is 24.4 Å². The van der Waals surface area contributed by atoms with E-state index in [1.807, 2.05) is 77.7 Å². The molecule has 0 aliphatic carbocycles. The highest BCUT2D eigenvalue weighted by Crippen LogP contribution is 2.30. The Morgan fingerprint density at radius 2 is 1.66 bits per heavy atom. The smallest absolute Gasteiger partial charge is 0.258 e. The van der Waals surface area contributed by atoms with E-state index in [0.717, 1.165) is 22.6 Å². The summed E-state index contributed by atoms with van der Waals surface area (Å²) in [5, 5.41) is 2.97. The van der Waals surface area contributed by atoms with Gasteiger partial charge in [0.05, 0.1) is 5.75 Å². The molecule has 0 aromatic heterocycles. The van der Waals surface area contributed by atoms with Crippen LogP contribution < -0.4 is 10.2 Å². The third-order valence-electron chi connectivity index (χ3n) is 4.91. The summed E-state index contributed by atoms with van der Waals surface area (Å²) in [6.07, 6.45) is 0.855. The van der Waals surface area contributed by atoms with Crippen molar-refractivity contribution in [2.24, 2.45) is 0 Å². The van der Waals surface area contributed by atoms with E-state index in [1.54, 1.807) is 0 Å². The van der Waals surface area contributed by atoms with Gasteiger partial charge in [0.1, 0.15) is 0 Å². The Labute approximate surface area is 174 Å². The standard InChI is InChI=1S/C24H22N2O2S/c27-23(17-29-21-9-5-2-6-10-21)25-16-18-11-12-19-13-14-26(22(19)15-18)24(28)20-7-3-1-4-8-20/h1-12,15H,13-14,16-17H2,(H,25,27). The third-order valence-corrected chi connectivity index (χ3v) is 5.93. The normalized spacial score (nSPS) is 12.5. The van der Waals surface area contributed by atoms with Crippen LogP contribution in [0.1, 0.15) is 21.5 Å². The molecule has 0 unspecified atom stereocenters. The van der Waals surface area contributed by atoms with Crippen molar-refractivity contribution in [1.29, 1.82) is 0 Å². The van der Waals surface area contributed by atoms with Crippen LogP contribution in [0.4, 0.5) is 5.69 Å². The van der Waals surface area contributed by atoms with Crippen LogP contribution >= 0.6 is 11.8 Å². The molecule has 146 valence electrons. The van der Waals surface area contributed by atoms with Crippen molar-refractivity contribution in [3.05, 3.63) is 95.6 Å². The zero-order valence-corrected chi connectivity index (χ0v) is 16.8. The van der Waals surface area contributed by atoms with E-state index in [9.17, 15) is 9.59 Å². The molecule has 4 nitrogen and oxygen atoms in total. The number of hydrogen-bond acceptors (Lipinski definition) is 3. The zero-order valence-electron chi connectivity index (χ0n) is 16.0. The van der Waals surface area contributed by atoms with Gasteiger partial charge in [-0.25, -0.2) is 0 Å². The maximum Gasteiger partial charge on any atom is 0.258 e. The number of hydrogen-bond donors (Lipinski definition) is 1. The highest BCUT2D eigenvalue weighted by Gasteiger charge is 2.25. The van der Waals surface area contributed by atoms with E-state index in [4.69, 9.17) is 0 Å². The number of nitrogens with one attached hydrogen (secondary N) is 1. The summed E-state index contributed by atoms with van der Waals surface area (Å²) in [4.78, 5) is 28.0. The Hall–Kier alpha value is -3.05. The van der Waals surface area contributed by atoms with Crippen LogP contribution in [0.15, 0.2) is 83.8 Å². The van der Waals surface area contributed by atoms with Crippen molar-refractivity contribution >= 4 is 29.3 Å². The molecule has 3 aromatic carbocycles. The number of carbonyl (C=O) groups excluding carboxylic acids is 2. The van der Waals surface area contributed by atoms with Crippen LogP contribution in [0.25, 0.3) is 0 Å². The fraction of sp³-hybridized carbons (Fsp3) is 0.167. The lowest BCUT2D eigenvalue weighted by Gasteiger charge is -2.18. The molecule has 0 spiro atoms. The summed E-state index contributed by atoms with van der Waals surface area (Å²) in [5.74, 6) is 0.398. The molecule has 0 radical (unpaired) electrons. The van der Waals surface area contributed by atoms with Gasteiger partial charge in [-0.2, -0.15) is 0 Å². The van der Waals surface area contributed by atoms with Gasteiger partial charge in [0, 0.05) is 29.2 Å². The lowest BCUT2D eigenvalue weighted by Crippen LogP contribution is -2.29. The van der Waals surface area contributed by atoms with Gasteiger partial charge >= 0.3 is 0 Å². The van der Waals surface area contributed by atoms with E-state index in [1.165, 1.54) is 17.3 Å². The first-order valence-electron chi connectivity index (χ1n) is 9.64. The molecule has 29 heavy (non-hydrogen) atoms. The Kier molecular flexibility index (Phi) is 5.96. The van der Waals surface area contributed by atoms with E-state index in [2.05, 4.69) is 11.4 Å². The van der Waals surface area contributed by atoms with Crippen molar-refractivity contribution < 1.29 is 9.59 Å².